The normalized spacial score (nSPS) is 12.0. The summed E-state index contributed by atoms with van der Waals surface area (Å²) < 4.78 is 37.3. The van der Waals surface area contributed by atoms with Gasteiger partial charge in [0.15, 0.2) is 0 Å². The van der Waals surface area contributed by atoms with E-state index < -0.39 is 11.7 Å². The van der Waals surface area contributed by atoms with Gasteiger partial charge in [-0.15, -0.1) is 0 Å². The maximum absolute atomic E-state index is 12.4. The molecule has 0 aliphatic heterocycles. The minimum absolute atomic E-state index is 0.548. The second kappa shape index (κ2) is 3.22. The average molecular weight is 211 g/mol. The van der Waals surface area contributed by atoms with E-state index in [4.69, 9.17) is 0 Å². The third-order valence-corrected chi connectivity index (χ3v) is 2.29. The Morgan fingerprint density at radius 3 is 2.53 bits per heavy atom. The standard InChI is InChI=1S/C11H8F3N/c1-7-4-5-15-10-3-2-8(6-9(7)10)11(12,13)14/h2-6H,1H3. The Labute approximate surface area is 84.6 Å². The summed E-state index contributed by atoms with van der Waals surface area (Å²) in [5, 5.41) is 0.548. The Bertz CT molecular complexity index is 503. The SMILES string of the molecule is Cc1ccnc2ccc(C(F)(F)F)cc12. The number of pyridine rings is 1. The zero-order valence-electron chi connectivity index (χ0n) is 7.97. The van der Waals surface area contributed by atoms with Crippen molar-refractivity contribution in [3.8, 4) is 0 Å². The van der Waals surface area contributed by atoms with Crippen LogP contribution in [0.4, 0.5) is 13.2 Å². The molecule has 0 unspecified atom stereocenters. The third-order valence-electron chi connectivity index (χ3n) is 2.29. The highest BCUT2D eigenvalue weighted by molar-refractivity contribution is 5.82. The lowest BCUT2D eigenvalue weighted by Crippen LogP contribution is -2.04. The highest BCUT2D eigenvalue weighted by Gasteiger charge is 2.30. The molecule has 0 aliphatic carbocycles. The summed E-state index contributed by atoms with van der Waals surface area (Å²) in [6.45, 7) is 1.77. The van der Waals surface area contributed by atoms with Gasteiger partial charge in [-0.2, -0.15) is 13.2 Å². The number of halogens is 3. The molecule has 78 valence electrons. The topological polar surface area (TPSA) is 12.9 Å². The van der Waals surface area contributed by atoms with Gasteiger partial charge in [-0.3, -0.25) is 4.98 Å². The van der Waals surface area contributed by atoms with Crippen LogP contribution in [0.5, 0.6) is 0 Å². The highest BCUT2D eigenvalue weighted by atomic mass is 19.4. The molecule has 0 bridgehead atoms. The van der Waals surface area contributed by atoms with Crippen molar-refractivity contribution in [2.45, 2.75) is 13.1 Å². The van der Waals surface area contributed by atoms with E-state index >= 15 is 0 Å². The number of hydrogen-bond donors (Lipinski definition) is 0. The van der Waals surface area contributed by atoms with Gasteiger partial charge in [0.25, 0.3) is 0 Å². The molecule has 2 aromatic rings. The van der Waals surface area contributed by atoms with Crippen molar-refractivity contribution in [1.29, 1.82) is 0 Å². The lowest BCUT2D eigenvalue weighted by molar-refractivity contribution is -0.137. The van der Waals surface area contributed by atoms with E-state index in [1.54, 1.807) is 19.2 Å². The molecule has 4 heteroatoms. The van der Waals surface area contributed by atoms with Gasteiger partial charge in [0, 0.05) is 11.6 Å². The number of rotatable bonds is 0. The molecule has 0 fully saturated rings. The number of aryl methyl sites for hydroxylation is 1. The van der Waals surface area contributed by atoms with Gasteiger partial charge in [-0.05, 0) is 36.8 Å². The molecule has 0 atom stereocenters. The van der Waals surface area contributed by atoms with Crippen molar-refractivity contribution >= 4 is 10.9 Å². The summed E-state index contributed by atoms with van der Waals surface area (Å²) in [6.07, 6.45) is -2.71. The van der Waals surface area contributed by atoms with Crippen LogP contribution in [0, 0.1) is 6.92 Å². The minimum atomic E-state index is -4.30. The smallest absolute Gasteiger partial charge is 0.256 e. The predicted octanol–water partition coefficient (Wildman–Crippen LogP) is 3.56. The van der Waals surface area contributed by atoms with E-state index in [1.807, 2.05) is 0 Å². The van der Waals surface area contributed by atoms with E-state index in [1.165, 1.54) is 6.07 Å². The second-order valence-corrected chi connectivity index (χ2v) is 3.36. The molecule has 0 spiro atoms. The maximum Gasteiger partial charge on any atom is 0.416 e. The van der Waals surface area contributed by atoms with Gasteiger partial charge in [0.05, 0.1) is 11.1 Å². The molecule has 15 heavy (non-hydrogen) atoms. The van der Waals surface area contributed by atoms with Gasteiger partial charge >= 0.3 is 6.18 Å². The third kappa shape index (κ3) is 1.79. The number of aromatic nitrogens is 1. The van der Waals surface area contributed by atoms with E-state index in [9.17, 15) is 13.2 Å². The Morgan fingerprint density at radius 2 is 1.87 bits per heavy atom. The molecule has 2 rings (SSSR count). The van der Waals surface area contributed by atoms with Crippen LogP contribution in [0.25, 0.3) is 10.9 Å². The summed E-state index contributed by atoms with van der Waals surface area (Å²) in [5.41, 5.74) is 0.750. The van der Waals surface area contributed by atoms with E-state index in [2.05, 4.69) is 4.98 Å². The highest BCUT2D eigenvalue weighted by Crippen LogP contribution is 2.31. The lowest BCUT2D eigenvalue weighted by Gasteiger charge is -2.08. The van der Waals surface area contributed by atoms with Crippen LogP contribution in [-0.4, -0.2) is 4.98 Å². The molecule has 1 heterocycles. The van der Waals surface area contributed by atoms with Crippen LogP contribution in [0.2, 0.25) is 0 Å². The second-order valence-electron chi connectivity index (χ2n) is 3.36. The Hall–Kier alpha value is -1.58. The predicted molar refractivity (Wildman–Crippen MR) is 51.5 cm³/mol. The van der Waals surface area contributed by atoms with Crippen molar-refractivity contribution < 1.29 is 13.2 Å². The fourth-order valence-corrected chi connectivity index (χ4v) is 1.46. The molecule has 1 aromatic heterocycles. The van der Waals surface area contributed by atoms with Crippen molar-refractivity contribution in [1.82, 2.24) is 4.98 Å². The van der Waals surface area contributed by atoms with Gasteiger partial charge in [-0.25, -0.2) is 0 Å². The van der Waals surface area contributed by atoms with Crippen LogP contribution < -0.4 is 0 Å². The van der Waals surface area contributed by atoms with E-state index in [-0.39, 0.29) is 0 Å². The number of hydrogen-bond acceptors (Lipinski definition) is 1. The fourth-order valence-electron chi connectivity index (χ4n) is 1.46. The molecule has 0 radical (unpaired) electrons. The lowest BCUT2D eigenvalue weighted by atomic mass is 10.1. The minimum Gasteiger partial charge on any atom is -0.256 e. The number of benzene rings is 1. The van der Waals surface area contributed by atoms with E-state index in [0.29, 0.717) is 10.9 Å². The largest absolute Gasteiger partial charge is 0.416 e. The van der Waals surface area contributed by atoms with Gasteiger partial charge in [0.1, 0.15) is 0 Å². The molecule has 0 saturated heterocycles. The van der Waals surface area contributed by atoms with Gasteiger partial charge in [0.2, 0.25) is 0 Å². The van der Waals surface area contributed by atoms with Crippen molar-refractivity contribution in [3.05, 3.63) is 41.6 Å². The van der Waals surface area contributed by atoms with Gasteiger partial charge < -0.3 is 0 Å². The van der Waals surface area contributed by atoms with E-state index in [0.717, 1.165) is 17.7 Å². The number of nitrogens with zero attached hydrogens (tertiary/aromatic N) is 1. The Morgan fingerprint density at radius 1 is 1.13 bits per heavy atom. The van der Waals surface area contributed by atoms with Crippen molar-refractivity contribution in [2.24, 2.45) is 0 Å². The summed E-state index contributed by atoms with van der Waals surface area (Å²) in [6, 6.07) is 5.28. The molecule has 0 N–H and O–H groups in total. The molecule has 1 aromatic carbocycles. The Kier molecular flexibility index (Phi) is 2.14. The van der Waals surface area contributed by atoms with Crippen molar-refractivity contribution in [2.75, 3.05) is 0 Å². The molecule has 0 amide bonds. The summed E-state index contributed by atoms with van der Waals surface area (Å²) in [5.74, 6) is 0. The monoisotopic (exact) mass is 211 g/mol. The number of alkyl halides is 3. The quantitative estimate of drug-likeness (QED) is 0.649. The molecule has 0 aliphatic rings. The van der Waals surface area contributed by atoms with Crippen LogP contribution in [0.1, 0.15) is 11.1 Å². The van der Waals surface area contributed by atoms with Crippen molar-refractivity contribution in [3.63, 3.8) is 0 Å². The molecule has 1 nitrogen and oxygen atoms in total. The molecular weight excluding hydrogens is 203 g/mol. The summed E-state index contributed by atoms with van der Waals surface area (Å²) in [7, 11) is 0. The maximum atomic E-state index is 12.4. The van der Waals surface area contributed by atoms with Gasteiger partial charge in [-0.1, -0.05) is 0 Å². The first-order valence-electron chi connectivity index (χ1n) is 4.41. The average Bonchev–Trinajstić information content (AvgIpc) is 2.16. The summed E-state index contributed by atoms with van der Waals surface area (Å²) >= 11 is 0. The van der Waals surface area contributed by atoms with Crippen LogP contribution in [0.3, 0.4) is 0 Å². The Balaban J connectivity index is 2.70. The van der Waals surface area contributed by atoms with Crippen LogP contribution in [0.15, 0.2) is 30.5 Å². The fraction of sp³-hybridized carbons (Fsp3) is 0.182. The zero-order valence-corrected chi connectivity index (χ0v) is 7.97. The van der Waals surface area contributed by atoms with Crippen LogP contribution >= 0.6 is 0 Å². The first kappa shape index (κ1) is 9.96. The zero-order chi connectivity index (χ0) is 11.1. The number of fused-ring (bicyclic) bond motifs is 1. The first-order valence-corrected chi connectivity index (χ1v) is 4.41. The first-order chi connectivity index (χ1) is 6.98. The molecule has 0 saturated carbocycles. The van der Waals surface area contributed by atoms with Crippen LogP contribution in [-0.2, 0) is 6.18 Å². The summed E-state index contributed by atoms with van der Waals surface area (Å²) in [4.78, 5) is 4.00. The molecular formula is C11H8F3N.